The maximum absolute atomic E-state index is 5.10. The van der Waals surface area contributed by atoms with Gasteiger partial charge < -0.3 is 4.89 Å². The second-order valence-corrected chi connectivity index (χ2v) is 2.90. The summed E-state index contributed by atoms with van der Waals surface area (Å²) in [5, 5.41) is 0. The van der Waals surface area contributed by atoms with E-state index in [1.54, 1.807) is 0 Å². The molecule has 0 spiro atoms. The molecule has 1 aromatic carbocycles. The third kappa shape index (κ3) is 1.59. The predicted octanol–water partition coefficient (Wildman–Crippen LogP) is 2.13. The minimum atomic E-state index is 0.689. The van der Waals surface area contributed by atoms with Crippen molar-refractivity contribution in [3.05, 3.63) is 29.8 Å². The molecule has 1 radical (unpaired) electrons. The van der Waals surface area contributed by atoms with Gasteiger partial charge in [0, 0.05) is 0 Å². The number of benzene rings is 1. The Hall–Kier alpha value is -1.02. The fraction of sp³-hybridized carbons (Fsp3) is 0.400. The molecule has 2 nitrogen and oxygen atoms in total. The molecule has 1 aliphatic rings. The van der Waals surface area contributed by atoms with Crippen LogP contribution in [0.3, 0.4) is 0 Å². The predicted molar refractivity (Wildman–Crippen MR) is 44.8 cm³/mol. The molecule has 0 saturated heterocycles. The van der Waals surface area contributed by atoms with Gasteiger partial charge in [0.1, 0.15) is 0 Å². The summed E-state index contributed by atoms with van der Waals surface area (Å²) in [5.74, 6) is 0.817. The van der Waals surface area contributed by atoms with E-state index in [0.717, 1.165) is 18.6 Å². The van der Waals surface area contributed by atoms with Crippen molar-refractivity contribution in [3.8, 4) is 5.75 Å². The Morgan fingerprint density at radius 3 is 3.33 bits per heavy atom. The van der Waals surface area contributed by atoms with Crippen LogP contribution >= 0.6 is 0 Å². The summed E-state index contributed by atoms with van der Waals surface area (Å²) in [6, 6.07) is 8.72. The van der Waals surface area contributed by atoms with Crippen LogP contribution in [-0.2, 0) is 11.3 Å². The number of aryl methyl sites for hydroxylation is 1. The van der Waals surface area contributed by atoms with Gasteiger partial charge in [-0.15, -0.1) is 0 Å². The van der Waals surface area contributed by atoms with Gasteiger partial charge in [0.15, 0.2) is 5.75 Å². The maximum Gasteiger partial charge on any atom is 0.169 e. The maximum atomic E-state index is 5.10. The van der Waals surface area contributed by atoms with Gasteiger partial charge in [0.2, 0.25) is 0 Å². The van der Waals surface area contributed by atoms with Gasteiger partial charge in [0.05, 0.1) is 6.61 Å². The summed E-state index contributed by atoms with van der Waals surface area (Å²) in [4.78, 5) is 10.1. The molecule has 0 bridgehead atoms. The Balaban J connectivity index is 2.24. The van der Waals surface area contributed by atoms with Crippen molar-refractivity contribution in [2.45, 2.75) is 19.3 Å². The molecule has 1 heterocycles. The molecule has 2 heteroatoms. The molecule has 0 unspecified atom stereocenters. The summed E-state index contributed by atoms with van der Waals surface area (Å²) >= 11 is 0. The second-order valence-electron chi connectivity index (χ2n) is 2.90. The first kappa shape index (κ1) is 7.62. The molecule has 0 aromatic heterocycles. The topological polar surface area (TPSA) is 18.5 Å². The highest BCUT2D eigenvalue weighted by Crippen LogP contribution is 2.21. The van der Waals surface area contributed by atoms with E-state index in [9.17, 15) is 0 Å². The standard InChI is InChI=1S/C10H11O2/c1-2-7-10-9(5-1)6-3-4-8-11-12-10/h1,5,7H,3-4,6,8H2. The zero-order valence-electron chi connectivity index (χ0n) is 6.88. The minimum Gasteiger partial charge on any atom is -0.337 e. The molecule has 0 amide bonds. The first-order chi connectivity index (χ1) is 5.97. The normalized spacial score (nSPS) is 17.0. The third-order valence-electron chi connectivity index (χ3n) is 1.98. The molecule has 0 N–H and O–H groups in total. The van der Waals surface area contributed by atoms with Crippen LogP contribution in [0.2, 0.25) is 0 Å². The first-order valence-corrected chi connectivity index (χ1v) is 4.25. The summed E-state index contributed by atoms with van der Waals surface area (Å²) in [5.41, 5.74) is 1.22. The highest BCUT2D eigenvalue weighted by atomic mass is 17.2. The molecule has 1 aliphatic heterocycles. The van der Waals surface area contributed by atoms with E-state index < -0.39 is 0 Å². The second kappa shape index (κ2) is 3.59. The van der Waals surface area contributed by atoms with Crippen LogP contribution in [0.5, 0.6) is 5.75 Å². The van der Waals surface area contributed by atoms with Crippen LogP contribution in [0, 0.1) is 6.07 Å². The quantitative estimate of drug-likeness (QED) is 0.545. The lowest BCUT2D eigenvalue weighted by Crippen LogP contribution is -2.05. The molecule has 12 heavy (non-hydrogen) atoms. The summed E-state index contributed by atoms with van der Waals surface area (Å²) < 4.78 is 0. The van der Waals surface area contributed by atoms with E-state index in [1.807, 2.05) is 18.2 Å². The van der Waals surface area contributed by atoms with Crippen molar-refractivity contribution >= 4 is 0 Å². The van der Waals surface area contributed by atoms with Gasteiger partial charge in [-0.1, -0.05) is 12.1 Å². The first-order valence-electron chi connectivity index (χ1n) is 4.25. The Labute approximate surface area is 72.0 Å². The van der Waals surface area contributed by atoms with Crippen LogP contribution in [0.15, 0.2) is 18.2 Å². The smallest absolute Gasteiger partial charge is 0.169 e. The van der Waals surface area contributed by atoms with Crippen molar-refractivity contribution in [3.63, 3.8) is 0 Å². The minimum absolute atomic E-state index is 0.689. The molecule has 0 atom stereocenters. The molecular formula is C10H11O2. The molecule has 0 fully saturated rings. The van der Waals surface area contributed by atoms with Crippen molar-refractivity contribution in [1.82, 2.24) is 0 Å². The Kier molecular flexibility index (Phi) is 2.28. The van der Waals surface area contributed by atoms with Crippen molar-refractivity contribution < 1.29 is 9.78 Å². The van der Waals surface area contributed by atoms with Crippen LogP contribution in [-0.4, -0.2) is 6.61 Å². The Bertz CT molecular complexity index is 231. The lowest BCUT2D eigenvalue weighted by atomic mass is 10.1. The Morgan fingerprint density at radius 2 is 2.33 bits per heavy atom. The van der Waals surface area contributed by atoms with E-state index >= 15 is 0 Å². The van der Waals surface area contributed by atoms with Crippen molar-refractivity contribution in [1.29, 1.82) is 0 Å². The van der Waals surface area contributed by atoms with Gasteiger partial charge in [-0.05, 0) is 37.0 Å². The van der Waals surface area contributed by atoms with Crippen LogP contribution < -0.4 is 4.89 Å². The molecule has 2 rings (SSSR count). The number of rotatable bonds is 0. The van der Waals surface area contributed by atoms with Gasteiger partial charge in [-0.3, -0.25) is 0 Å². The molecule has 0 aliphatic carbocycles. The zero-order chi connectivity index (χ0) is 8.23. The van der Waals surface area contributed by atoms with E-state index in [2.05, 4.69) is 6.07 Å². The number of hydrogen-bond donors (Lipinski definition) is 0. The molecular weight excluding hydrogens is 152 g/mol. The molecule has 0 saturated carbocycles. The fourth-order valence-corrected chi connectivity index (χ4v) is 1.31. The lowest BCUT2D eigenvalue weighted by molar-refractivity contribution is -0.209. The summed E-state index contributed by atoms with van der Waals surface area (Å²) in [6.07, 6.45) is 3.31. The highest BCUT2D eigenvalue weighted by molar-refractivity contribution is 5.32. The average Bonchev–Trinajstić information content (AvgIpc) is 2.06. The number of fused-ring (bicyclic) bond motifs is 1. The summed E-state index contributed by atoms with van der Waals surface area (Å²) in [6.45, 7) is 0.689. The lowest BCUT2D eigenvalue weighted by Gasteiger charge is -2.12. The van der Waals surface area contributed by atoms with Gasteiger partial charge in [-0.2, -0.15) is 4.89 Å². The van der Waals surface area contributed by atoms with Crippen LogP contribution in [0.25, 0.3) is 0 Å². The van der Waals surface area contributed by atoms with E-state index in [1.165, 1.54) is 12.0 Å². The van der Waals surface area contributed by atoms with Crippen LogP contribution in [0.4, 0.5) is 0 Å². The zero-order valence-corrected chi connectivity index (χ0v) is 6.88. The molecule has 63 valence electrons. The van der Waals surface area contributed by atoms with Gasteiger partial charge >= 0.3 is 0 Å². The third-order valence-corrected chi connectivity index (χ3v) is 1.98. The SMILES string of the molecule is [c]1ccc2c(c1)OOCCCC2. The van der Waals surface area contributed by atoms with Crippen molar-refractivity contribution in [2.75, 3.05) is 6.61 Å². The average molecular weight is 163 g/mol. The van der Waals surface area contributed by atoms with Gasteiger partial charge in [0.25, 0.3) is 0 Å². The molecule has 1 aromatic rings. The van der Waals surface area contributed by atoms with E-state index in [0.29, 0.717) is 6.61 Å². The van der Waals surface area contributed by atoms with Gasteiger partial charge in [-0.25, -0.2) is 0 Å². The Morgan fingerprint density at radius 1 is 1.33 bits per heavy atom. The monoisotopic (exact) mass is 163 g/mol. The largest absolute Gasteiger partial charge is 0.337 e. The number of hydrogen-bond acceptors (Lipinski definition) is 2. The van der Waals surface area contributed by atoms with Crippen molar-refractivity contribution in [2.24, 2.45) is 0 Å². The fourth-order valence-electron chi connectivity index (χ4n) is 1.31. The summed E-state index contributed by atoms with van der Waals surface area (Å²) in [7, 11) is 0. The van der Waals surface area contributed by atoms with E-state index in [-0.39, 0.29) is 0 Å². The highest BCUT2D eigenvalue weighted by Gasteiger charge is 2.06. The van der Waals surface area contributed by atoms with E-state index in [4.69, 9.17) is 9.78 Å². The van der Waals surface area contributed by atoms with Crippen LogP contribution in [0.1, 0.15) is 18.4 Å².